The lowest BCUT2D eigenvalue weighted by molar-refractivity contribution is 0.307. The van der Waals surface area contributed by atoms with E-state index in [4.69, 9.17) is 10.5 Å². The van der Waals surface area contributed by atoms with Crippen molar-refractivity contribution in [2.24, 2.45) is 0 Å². The van der Waals surface area contributed by atoms with Crippen molar-refractivity contribution in [3.63, 3.8) is 0 Å². The third kappa shape index (κ3) is 2.53. The quantitative estimate of drug-likeness (QED) is 0.737. The van der Waals surface area contributed by atoms with Crippen LogP contribution in [0.2, 0.25) is 0 Å². The van der Waals surface area contributed by atoms with Crippen LogP contribution >= 0.6 is 11.3 Å². The van der Waals surface area contributed by atoms with Gasteiger partial charge in [-0.1, -0.05) is 18.2 Å². The summed E-state index contributed by atoms with van der Waals surface area (Å²) < 4.78 is 6.91. The fraction of sp³-hybridized carbons (Fsp3) is 0.133. The molecule has 19 heavy (non-hydrogen) atoms. The fourth-order valence-electron chi connectivity index (χ4n) is 1.92. The summed E-state index contributed by atoms with van der Waals surface area (Å²) in [5, 5.41) is 0.959. The molecule has 0 radical (unpaired) electrons. The van der Waals surface area contributed by atoms with Crippen LogP contribution in [-0.2, 0) is 6.61 Å². The number of hydrogen-bond acceptors (Lipinski definition) is 4. The molecule has 2 aromatic carbocycles. The van der Waals surface area contributed by atoms with Crippen LogP contribution in [0.4, 0.5) is 5.69 Å². The molecule has 0 atom stereocenters. The number of thiazole rings is 1. The monoisotopic (exact) mass is 270 g/mol. The molecule has 0 fully saturated rings. The number of anilines is 1. The Morgan fingerprint density at radius 1 is 1.21 bits per heavy atom. The minimum atomic E-state index is 0.451. The summed E-state index contributed by atoms with van der Waals surface area (Å²) >= 11 is 1.65. The molecule has 0 saturated carbocycles. The molecule has 0 aliphatic carbocycles. The van der Waals surface area contributed by atoms with Crippen LogP contribution in [0, 0.1) is 6.92 Å². The number of ether oxygens (including phenoxy) is 1. The molecule has 3 aromatic rings. The molecular formula is C15H14N2OS. The van der Waals surface area contributed by atoms with Crippen molar-refractivity contribution in [3.8, 4) is 5.75 Å². The zero-order chi connectivity index (χ0) is 13.2. The highest BCUT2D eigenvalue weighted by atomic mass is 32.1. The third-order valence-electron chi connectivity index (χ3n) is 2.85. The fourth-order valence-corrected chi connectivity index (χ4v) is 2.80. The first-order valence-corrected chi connectivity index (χ1v) is 6.87. The largest absolute Gasteiger partial charge is 0.484 e. The molecular weight excluding hydrogens is 256 g/mol. The molecule has 0 bridgehead atoms. The second kappa shape index (κ2) is 4.90. The summed E-state index contributed by atoms with van der Waals surface area (Å²) in [6.45, 7) is 2.46. The number of benzene rings is 2. The number of fused-ring (bicyclic) bond motifs is 1. The second-order valence-corrected chi connectivity index (χ2v) is 5.52. The van der Waals surface area contributed by atoms with Gasteiger partial charge >= 0.3 is 0 Å². The van der Waals surface area contributed by atoms with Crippen LogP contribution in [-0.4, -0.2) is 4.98 Å². The molecule has 0 amide bonds. The van der Waals surface area contributed by atoms with Crippen molar-refractivity contribution in [2.75, 3.05) is 5.73 Å². The minimum Gasteiger partial charge on any atom is -0.484 e. The minimum absolute atomic E-state index is 0.451. The first kappa shape index (κ1) is 12.0. The van der Waals surface area contributed by atoms with Crippen molar-refractivity contribution < 1.29 is 4.74 Å². The van der Waals surface area contributed by atoms with Crippen molar-refractivity contribution in [1.29, 1.82) is 0 Å². The van der Waals surface area contributed by atoms with Crippen molar-refractivity contribution in [3.05, 3.63) is 53.0 Å². The van der Waals surface area contributed by atoms with E-state index in [9.17, 15) is 0 Å². The molecule has 2 N–H and O–H groups in total. The standard InChI is InChI=1S/C15H14N2OS/c1-10-6-7-13(11(16)8-10)18-9-15-17-12-4-2-3-5-14(12)19-15/h2-8H,9,16H2,1H3. The lowest BCUT2D eigenvalue weighted by atomic mass is 10.2. The summed E-state index contributed by atoms with van der Waals surface area (Å²) in [6.07, 6.45) is 0. The first-order valence-electron chi connectivity index (χ1n) is 6.06. The average molecular weight is 270 g/mol. The van der Waals surface area contributed by atoms with Gasteiger partial charge < -0.3 is 10.5 Å². The summed E-state index contributed by atoms with van der Waals surface area (Å²) in [4.78, 5) is 4.53. The van der Waals surface area contributed by atoms with Gasteiger partial charge in [0.05, 0.1) is 15.9 Å². The zero-order valence-corrected chi connectivity index (χ0v) is 11.4. The molecule has 4 heteroatoms. The number of para-hydroxylation sites is 1. The maximum absolute atomic E-state index is 5.92. The van der Waals surface area contributed by atoms with Crippen LogP contribution in [0.15, 0.2) is 42.5 Å². The molecule has 0 spiro atoms. The number of aryl methyl sites for hydroxylation is 1. The van der Waals surface area contributed by atoms with Gasteiger partial charge in [-0.3, -0.25) is 0 Å². The first-order chi connectivity index (χ1) is 9.22. The van der Waals surface area contributed by atoms with E-state index in [1.807, 2.05) is 43.3 Å². The molecule has 0 aliphatic rings. The van der Waals surface area contributed by atoms with Crippen LogP contribution in [0.3, 0.4) is 0 Å². The maximum atomic E-state index is 5.92. The predicted molar refractivity (Wildman–Crippen MR) is 79.5 cm³/mol. The summed E-state index contributed by atoms with van der Waals surface area (Å²) in [5.41, 5.74) is 8.73. The predicted octanol–water partition coefficient (Wildman–Crippen LogP) is 3.77. The van der Waals surface area contributed by atoms with E-state index in [0.717, 1.165) is 16.1 Å². The normalized spacial score (nSPS) is 10.8. The van der Waals surface area contributed by atoms with Gasteiger partial charge in [-0.05, 0) is 36.8 Å². The number of hydrogen-bond donors (Lipinski definition) is 1. The number of nitrogen functional groups attached to an aromatic ring is 1. The highest BCUT2D eigenvalue weighted by Crippen LogP contribution is 2.26. The van der Waals surface area contributed by atoms with E-state index < -0.39 is 0 Å². The molecule has 3 rings (SSSR count). The Morgan fingerprint density at radius 3 is 2.84 bits per heavy atom. The van der Waals surface area contributed by atoms with Gasteiger partial charge in [0.15, 0.2) is 0 Å². The van der Waals surface area contributed by atoms with Crippen molar-refractivity contribution in [1.82, 2.24) is 4.98 Å². The van der Waals surface area contributed by atoms with Gasteiger partial charge in [0.25, 0.3) is 0 Å². The van der Waals surface area contributed by atoms with Gasteiger partial charge in [0.2, 0.25) is 0 Å². The molecule has 3 nitrogen and oxygen atoms in total. The SMILES string of the molecule is Cc1ccc(OCc2nc3ccccc3s2)c(N)c1. The Hall–Kier alpha value is -2.07. The van der Waals surface area contributed by atoms with E-state index in [0.29, 0.717) is 18.0 Å². The van der Waals surface area contributed by atoms with Gasteiger partial charge in [0, 0.05) is 0 Å². The van der Waals surface area contributed by atoms with E-state index >= 15 is 0 Å². The van der Waals surface area contributed by atoms with E-state index in [-0.39, 0.29) is 0 Å². The van der Waals surface area contributed by atoms with Crippen molar-refractivity contribution >= 4 is 27.2 Å². The Kier molecular flexibility index (Phi) is 3.09. The average Bonchev–Trinajstić information content (AvgIpc) is 2.80. The van der Waals surface area contributed by atoms with Gasteiger partial charge in [-0.15, -0.1) is 11.3 Å². The van der Waals surface area contributed by atoms with E-state index in [2.05, 4.69) is 11.1 Å². The van der Waals surface area contributed by atoms with Crippen molar-refractivity contribution in [2.45, 2.75) is 13.5 Å². The number of rotatable bonds is 3. The lowest BCUT2D eigenvalue weighted by Crippen LogP contribution is -1.98. The van der Waals surface area contributed by atoms with Gasteiger partial charge in [-0.2, -0.15) is 0 Å². The molecule has 1 heterocycles. The summed E-state index contributed by atoms with van der Waals surface area (Å²) in [6, 6.07) is 13.9. The number of aromatic nitrogens is 1. The summed E-state index contributed by atoms with van der Waals surface area (Å²) in [5.74, 6) is 0.713. The Morgan fingerprint density at radius 2 is 2.05 bits per heavy atom. The Balaban J connectivity index is 1.78. The maximum Gasteiger partial charge on any atom is 0.142 e. The molecule has 96 valence electrons. The van der Waals surface area contributed by atoms with Gasteiger partial charge in [0.1, 0.15) is 17.4 Å². The molecule has 0 saturated heterocycles. The van der Waals surface area contributed by atoms with Crippen LogP contribution in [0.5, 0.6) is 5.75 Å². The van der Waals surface area contributed by atoms with Crippen LogP contribution in [0.1, 0.15) is 10.6 Å². The van der Waals surface area contributed by atoms with E-state index in [1.165, 1.54) is 4.70 Å². The number of nitrogens with zero attached hydrogens (tertiary/aromatic N) is 1. The Bertz CT molecular complexity index is 688. The second-order valence-electron chi connectivity index (χ2n) is 4.41. The number of nitrogens with two attached hydrogens (primary N) is 1. The summed E-state index contributed by atoms with van der Waals surface area (Å²) in [7, 11) is 0. The third-order valence-corrected chi connectivity index (χ3v) is 3.86. The van der Waals surface area contributed by atoms with Crippen LogP contribution in [0.25, 0.3) is 10.2 Å². The Labute approximate surface area is 115 Å². The zero-order valence-electron chi connectivity index (χ0n) is 10.6. The van der Waals surface area contributed by atoms with E-state index in [1.54, 1.807) is 11.3 Å². The highest BCUT2D eigenvalue weighted by molar-refractivity contribution is 7.18. The molecule has 0 aliphatic heterocycles. The topological polar surface area (TPSA) is 48.1 Å². The lowest BCUT2D eigenvalue weighted by Gasteiger charge is -2.07. The van der Waals surface area contributed by atoms with Crippen LogP contribution < -0.4 is 10.5 Å². The molecule has 0 unspecified atom stereocenters. The smallest absolute Gasteiger partial charge is 0.142 e. The highest BCUT2D eigenvalue weighted by Gasteiger charge is 2.05. The van der Waals surface area contributed by atoms with Gasteiger partial charge in [-0.25, -0.2) is 4.98 Å². The molecule has 1 aromatic heterocycles.